The van der Waals surface area contributed by atoms with Gasteiger partial charge in [-0.15, -0.1) is 0 Å². The molecule has 0 fully saturated rings. The molecule has 5 heteroatoms. The molecule has 0 radical (unpaired) electrons. The van der Waals surface area contributed by atoms with Crippen molar-refractivity contribution in [3.05, 3.63) is 18.2 Å². The lowest BCUT2D eigenvalue weighted by atomic mass is 10.0. The van der Waals surface area contributed by atoms with E-state index in [-0.39, 0.29) is 6.04 Å². The van der Waals surface area contributed by atoms with Gasteiger partial charge in [0.1, 0.15) is 0 Å². The van der Waals surface area contributed by atoms with Crippen LogP contribution in [0.2, 0.25) is 0 Å². The molecule has 0 saturated heterocycles. The summed E-state index contributed by atoms with van der Waals surface area (Å²) in [4.78, 5) is 4.11. The Labute approximate surface area is 99.7 Å². The Hall–Kier alpha value is -0.680. The summed E-state index contributed by atoms with van der Waals surface area (Å²) >= 11 is 0. The van der Waals surface area contributed by atoms with Gasteiger partial charge in [-0.25, -0.2) is 4.98 Å². The summed E-state index contributed by atoms with van der Waals surface area (Å²) < 4.78 is 13.1. The minimum atomic E-state index is -0.772. The lowest BCUT2D eigenvalue weighted by Gasteiger charge is -2.16. The molecule has 0 bridgehead atoms. The fraction of sp³-hybridized carbons (Fsp3) is 0.727. The zero-order chi connectivity index (χ0) is 12.1. The minimum Gasteiger partial charge on any atom is -0.332 e. The van der Waals surface area contributed by atoms with Crippen LogP contribution in [-0.4, -0.2) is 25.8 Å². The van der Waals surface area contributed by atoms with Gasteiger partial charge in [-0.1, -0.05) is 13.8 Å². The van der Waals surface area contributed by atoms with E-state index in [2.05, 4.69) is 18.8 Å². The SMILES string of the molecule is CC(C)CC(N)c1cncn1CCS(C)=O. The molecule has 2 unspecified atom stereocenters. The van der Waals surface area contributed by atoms with Crippen molar-refractivity contribution in [3.8, 4) is 0 Å². The van der Waals surface area contributed by atoms with E-state index in [1.807, 2.05) is 10.8 Å². The third kappa shape index (κ3) is 4.06. The Bertz CT molecular complexity index is 349. The Morgan fingerprint density at radius 2 is 2.25 bits per heavy atom. The van der Waals surface area contributed by atoms with Crippen molar-refractivity contribution in [2.75, 3.05) is 12.0 Å². The third-order valence-electron chi connectivity index (χ3n) is 2.47. The Kier molecular flexibility index (Phi) is 5.15. The van der Waals surface area contributed by atoms with Gasteiger partial charge in [-0.05, 0) is 12.3 Å². The van der Waals surface area contributed by atoms with Crippen LogP contribution in [0, 0.1) is 5.92 Å². The van der Waals surface area contributed by atoms with E-state index in [0.29, 0.717) is 11.7 Å². The van der Waals surface area contributed by atoms with Gasteiger partial charge in [0.05, 0.1) is 12.0 Å². The highest BCUT2D eigenvalue weighted by molar-refractivity contribution is 7.84. The zero-order valence-electron chi connectivity index (χ0n) is 10.2. The summed E-state index contributed by atoms with van der Waals surface area (Å²) in [6.07, 6.45) is 6.24. The third-order valence-corrected chi connectivity index (χ3v) is 3.23. The van der Waals surface area contributed by atoms with Gasteiger partial charge in [0.2, 0.25) is 0 Å². The fourth-order valence-corrected chi connectivity index (χ4v) is 2.14. The summed E-state index contributed by atoms with van der Waals surface area (Å²) in [5, 5.41) is 0. The van der Waals surface area contributed by atoms with Gasteiger partial charge < -0.3 is 10.3 Å². The molecule has 0 aliphatic rings. The van der Waals surface area contributed by atoms with E-state index in [9.17, 15) is 4.21 Å². The molecular formula is C11H21N3OS. The van der Waals surface area contributed by atoms with Gasteiger partial charge in [0.25, 0.3) is 0 Å². The molecule has 1 aromatic heterocycles. The number of imidazole rings is 1. The van der Waals surface area contributed by atoms with E-state index < -0.39 is 10.8 Å². The van der Waals surface area contributed by atoms with Crippen LogP contribution in [0.1, 0.15) is 32.0 Å². The molecule has 1 aromatic rings. The highest BCUT2D eigenvalue weighted by atomic mass is 32.2. The molecule has 0 aliphatic heterocycles. The second-order valence-electron chi connectivity index (χ2n) is 4.53. The standard InChI is InChI=1S/C11H21N3OS/c1-9(2)6-10(12)11-7-13-8-14(11)4-5-16(3)15/h7-10H,4-6,12H2,1-3H3. The molecule has 0 aromatic carbocycles. The van der Waals surface area contributed by atoms with Crippen LogP contribution >= 0.6 is 0 Å². The van der Waals surface area contributed by atoms with Crippen LogP contribution in [0.25, 0.3) is 0 Å². The Morgan fingerprint density at radius 3 is 2.81 bits per heavy atom. The molecular weight excluding hydrogens is 222 g/mol. The van der Waals surface area contributed by atoms with Crippen LogP contribution in [0.4, 0.5) is 0 Å². The van der Waals surface area contributed by atoms with Crippen LogP contribution < -0.4 is 5.73 Å². The molecule has 1 heterocycles. The van der Waals surface area contributed by atoms with Crippen molar-refractivity contribution < 1.29 is 4.21 Å². The van der Waals surface area contributed by atoms with Crippen LogP contribution in [0.3, 0.4) is 0 Å². The summed E-state index contributed by atoms with van der Waals surface area (Å²) in [6, 6.07) is 0.0211. The molecule has 1 rings (SSSR count). The normalized spacial score (nSPS) is 15.3. The van der Waals surface area contributed by atoms with Gasteiger partial charge in [0, 0.05) is 41.6 Å². The molecule has 4 nitrogen and oxygen atoms in total. The number of aromatic nitrogens is 2. The summed E-state index contributed by atoms with van der Waals surface area (Å²) in [5.41, 5.74) is 7.15. The maximum atomic E-state index is 11.0. The first-order chi connectivity index (χ1) is 7.50. The van der Waals surface area contributed by atoms with E-state index in [4.69, 9.17) is 5.73 Å². The number of rotatable bonds is 6. The van der Waals surface area contributed by atoms with Crippen molar-refractivity contribution in [2.24, 2.45) is 11.7 Å². The highest BCUT2D eigenvalue weighted by Crippen LogP contribution is 2.18. The topological polar surface area (TPSA) is 60.9 Å². The van der Waals surface area contributed by atoms with Crippen LogP contribution in [0.15, 0.2) is 12.5 Å². The number of hydrogen-bond donors (Lipinski definition) is 1. The fourth-order valence-electron chi connectivity index (χ4n) is 1.68. The first kappa shape index (κ1) is 13.4. The van der Waals surface area contributed by atoms with E-state index in [1.165, 1.54) is 0 Å². The van der Waals surface area contributed by atoms with Crippen molar-refractivity contribution in [2.45, 2.75) is 32.9 Å². The van der Waals surface area contributed by atoms with Gasteiger partial charge >= 0.3 is 0 Å². The minimum absolute atomic E-state index is 0.0211. The predicted octanol–water partition coefficient (Wildman–Crippen LogP) is 1.31. The monoisotopic (exact) mass is 243 g/mol. The molecule has 92 valence electrons. The van der Waals surface area contributed by atoms with Crippen molar-refractivity contribution in [1.82, 2.24) is 9.55 Å². The maximum Gasteiger partial charge on any atom is 0.0948 e. The summed E-state index contributed by atoms with van der Waals surface area (Å²) in [6.45, 7) is 5.04. The second-order valence-corrected chi connectivity index (χ2v) is 6.08. The number of hydrogen-bond acceptors (Lipinski definition) is 3. The van der Waals surface area contributed by atoms with E-state index in [0.717, 1.165) is 18.7 Å². The molecule has 2 atom stereocenters. The highest BCUT2D eigenvalue weighted by Gasteiger charge is 2.13. The van der Waals surface area contributed by atoms with E-state index in [1.54, 1.807) is 12.6 Å². The largest absolute Gasteiger partial charge is 0.332 e. The van der Waals surface area contributed by atoms with Crippen molar-refractivity contribution in [1.29, 1.82) is 0 Å². The lowest BCUT2D eigenvalue weighted by Crippen LogP contribution is -2.18. The first-order valence-corrected chi connectivity index (χ1v) is 7.29. The second kappa shape index (κ2) is 6.15. The Morgan fingerprint density at radius 1 is 1.56 bits per heavy atom. The smallest absolute Gasteiger partial charge is 0.0948 e. The molecule has 0 amide bonds. The average molecular weight is 243 g/mol. The van der Waals surface area contributed by atoms with Gasteiger partial charge in [-0.3, -0.25) is 4.21 Å². The molecule has 0 saturated carbocycles. The number of nitrogens with zero attached hydrogens (tertiary/aromatic N) is 2. The van der Waals surface area contributed by atoms with Gasteiger partial charge in [0.15, 0.2) is 0 Å². The first-order valence-electron chi connectivity index (χ1n) is 5.56. The Balaban J connectivity index is 2.65. The van der Waals surface area contributed by atoms with E-state index >= 15 is 0 Å². The maximum absolute atomic E-state index is 11.0. The van der Waals surface area contributed by atoms with Crippen LogP contribution in [-0.2, 0) is 17.3 Å². The molecule has 0 spiro atoms. The molecule has 0 aliphatic carbocycles. The predicted molar refractivity (Wildman–Crippen MR) is 67.5 cm³/mol. The molecule has 16 heavy (non-hydrogen) atoms. The summed E-state index contributed by atoms with van der Waals surface area (Å²) in [5.74, 6) is 1.22. The molecule has 2 N–H and O–H groups in total. The zero-order valence-corrected chi connectivity index (χ0v) is 11.0. The quantitative estimate of drug-likeness (QED) is 0.819. The summed E-state index contributed by atoms with van der Waals surface area (Å²) in [7, 11) is -0.772. The lowest BCUT2D eigenvalue weighted by molar-refractivity contribution is 0.487. The van der Waals surface area contributed by atoms with Crippen molar-refractivity contribution >= 4 is 10.8 Å². The average Bonchev–Trinajstić information content (AvgIpc) is 2.61. The van der Waals surface area contributed by atoms with Gasteiger partial charge in [-0.2, -0.15) is 0 Å². The van der Waals surface area contributed by atoms with Crippen molar-refractivity contribution in [3.63, 3.8) is 0 Å². The number of nitrogens with two attached hydrogens (primary N) is 1. The van der Waals surface area contributed by atoms with Crippen LogP contribution in [0.5, 0.6) is 0 Å². The number of aryl methyl sites for hydroxylation is 1.